The van der Waals surface area contributed by atoms with E-state index in [9.17, 15) is 4.79 Å². The van der Waals surface area contributed by atoms with E-state index in [1.54, 1.807) is 0 Å². The van der Waals surface area contributed by atoms with Gasteiger partial charge in [-0.15, -0.1) is 0 Å². The molecule has 3 aromatic carbocycles. The van der Waals surface area contributed by atoms with Crippen LogP contribution in [0.3, 0.4) is 0 Å². The molecule has 3 aromatic rings. The summed E-state index contributed by atoms with van der Waals surface area (Å²) < 4.78 is 5.59. The Labute approximate surface area is 153 Å². The van der Waals surface area contributed by atoms with E-state index in [0.29, 0.717) is 19.4 Å². The molecule has 0 saturated heterocycles. The van der Waals surface area contributed by atoms with Gasteiger partial charge in [0.15, 0.2) is 0 Å². The molecule has 0 spiro atoms. The highest BCUT2D eigenvalue weighted by Crippen LogP contribution is 2.18. The van der Waals surface area contributed by atoms with Crippen LogP contribution in [0.2, 0.25) is 0 Å². The van der Waals surface area contributed by atoms with Gasteiger partial charge in [0.2, 0.25) is 5.91 Å². The van der Waals surface area contributed by atoms with E-state index in [2.05, 4.69) is 10.6 Å². The molecule has 0 saturated carbocycles. The lowest BCUT2D eigenvalue weighted by molar-refractivity contribution is -0.116. The van der Waals surface area contributed by atoms with Crippen molar-refractivity contribution in [2.24, 2.45) is 0 Å². The Morgan fingerprint density at radius 3 is 2.00 bits per heavy atom. The second kappa shape index (κ2) is 9.28. The molecule has 132 valence electrons. The molecule has 0 aliphatic rings. The van der Waals surface area contributed by atoms with Crippen LogP contribution in [0.1, 0.15) is 12.8 Å². The van der Waals surface area contributed by atoms with Crippen molar-refractivity contribution in [3.8, 4) is 5.75 Å². The van der Waals surface area contributed by atoms with Gasteiger partial charge in [0, 0.05) is 23.5 Å². The lowest BCUT2D eigenvalue weighted by atomic mass is 10.2. The topological polar surface area (TPSA) is 50.4 Å². The van der Waals surface area contributed by atoms with Gasteiger partial charge >= 0.3 is 0 Å². The number of para-hydroxylation sites is 2. The predicted molar refractivity (Wildman–Crippen MR) is 106 cm³/mol. The third kappa shape index (κ3) is 5.67. The number of hydrogen-bond acceptors (Lipinski definition) is 3. The van der Waals surface area contributed by atoms with Crippen molar-refractivity contribution >= 4 is 23.0 Å². The van der Waals surface area contributed by atoms with Crippen LogP contribution in [0.4, 0.5) is 17.1 Å². The predicted octanol–water partition coefficient (Wildman–Crippen LogP) is 5.23. The second-order valence-electron chi connectivity index (χ2n) is 5.88. The number of benzene rings is 3. The zero-order valence-electron chi connectivity index (χ0n) is 14.5. The first kappa shape index (κ1) is 17.5. The van der Waals surface area contributed by atoms with Gasteiger partial charge in [-0.25, -0.2) is 0 Å². The Bertz CT molecular complexity index is 803. The fourth-order valence-electron chi connectivity index (χ4n) is 2.49. The van der Waals surface area contributed by atoms with Crippen LogP contribution < -0.4 is 15.4 Å². The molecule has 1 amide bonds. The number of anilines is 3. The lowest BCUT2D eigenvalue weighted by Gasteiger charge is -2.09. The summed E-state index contributed by atoms with van der Waals surface area (Å²) >= 11 is 0. The molecule has 0 aromatic heterocycles. The van der Waals surface area contributed by atoms with Crippen molar-refractivity contribution in [2.75, 3.05) is 17.2 Å². The van der Waals surface area contributed by atoms with Crippen molar-refractivity contribution in [3.63, 3.8) is 0 Å². The number of amides is 1. The molecule has 26 heavy (non-hydrogen) atoms. The molecule has 0 atom stereocenters. The highest BCUT2D eigenvalue weighted by atomic mass is 16.5. The molecule has 0 unspecified atom stereocenters. The Kier molecular flexibility index (Phi) is 6.26. The van der Waals surface area contributed by atoms with Crippen LogP contribution in [0.5, 0.6) is 5.75 Å². The molecule has 4 nitrogen and oxygen atoms in total. The number of carbonyl (C=O) groups is 1. The highest BCUT2D eigenvalue weighted by molar-refractivity contribution is 5.90. The molecular formula is C22H22N2O2. The first-order chi connectivity index (χ1) is 12.8. The van der Waals surface area contributed by atoms with E-state index in [0.717, 1.165) is 22.8 Å². The molecule has 0 bridgehead atoms. The molecule has 0 aliphatic carbocycles. The van der Waals surface area contributed by atoms with E-state index in [1.807, 2.05) is 84.9 Å². The van der Waals surface area contributed by atoms with E-state index in [-0.39, 0.29) is 5.91 Å². The number of nitrogens with one attached hydrogen (secondary N) is 2. The summed E-state index contributed by atoms with van der Waals surface area (Å²) in [5.74, 6) is 0.819. The largest absolute Gasteiger partial charge is 0.494 e. The fourth-order valence-corrected chi connectivity index (χ4v) is 2.49. The standard InChI is InChI=1S/C22H22N2O2/c25-22(12-7-17-26-21-10-5-2-6-11-21)24-20-15-13-19(14-16-20)23-18-8-3-1-4-9-18/h1-6,8-11,13-16,23H,7,12,17H2,(H,24,25). The average molecular weight is 346 g/mol. The Hall–Kier alpha value is -3.27. The molecule has 0 fully saturated rings. The molecule has 3 rings (SSSR count). The zero-order valence-corrected chi connectivity index (χ0v) is 14.5. The van der Waals surface area contributed by atoms with Crippen LogP contribution in [-0.4, -0.2) is 12.5 Å². The van der Waals surface area contributed by atoms with E-state index < -0.39 is 0 Å². The van der Waals surface area contributed by atoms with E-state index in [1.165, 1.54) is 0 Å². The van der Waals surface area contributed by atoms with Crippen LogP contribution >= 0.6 is 0 Å². The third-order valence-electron chi connectivity index (χ3n) is 3.79. The van der Waals surface area contributed by atoms with Gasteiger partial charge in [-0.05, 0) is 55.0 Å². The average Bonchev–Trinajstić information content (AvgIpc) is 2.68. The second-order valence-corrected chi connectivity index (χ2v) is 5.88. The van der Waals surface area contributed by atoms with Gasteiger partial charge in [0.1, 0.15) is 5.75 Å². The Balaban J connectivity index is 1.40. The minimum Gasteiger partial charge on any atom is -0.494 e. The molecule has 0 radical (unpaired) electrons. The van der Waals surface area contributed by atoms with E-state index in [4.69, 9.17) is 4.74 Å². The lowest BCUT2D eigenvalue weighted by Crippen LogP contribution is -2.12. The SMILES string of the molecule is O=C(CCCOc1ccccc1)Nc1ccc(Nc2ccccc2)cc1. The van der Waals surface area contributed by atoms with Crippen molar-refractivity contribution < 1.29 is 9.53 Å². The summed E-state index contributed by atoms with van der Waals surface area (Å²) in [6.45, 7) is 0.525. The first-order valence-corrected chi connectivity index (χ1v) is 8.69. The summed E-state index contributed by atoms with van der Waals surface area (Å²) in [5.41, 5.74) is 2.80. The Morgan fingerprint density at radius 2 is 1.31 bits per heavy atom. The highest BCUT2D eigenvalue weighted by Gasteiger charge is 2.03. The van der Waals surface area contributed by atoms with Crippen LogP contribution in [0.25, 0.3) is 0 Å². The fraction of sp³-hybridized carbons (Fsp3) is 0.136. The maximum absolute atomic E-state index is 12.0. The summed E-state index contributed by atoms with van der Waals surface area (Å²) in [5, 5.41) is 6.22. The van der Waals surface area contributed by atoms with Gasteiger partial charge in [-0.3, -0.25) is 4.79 Å². The smallest absolute Gasteiger partial charge is 0.224 e. The summed E-state index contributed by atoms with van der Waals surface area (Å²) in [6.07, 6.45) is 1.10. The van der Waals surface area contributed by atoms with Gasteiger partial charge in [-0.2, -0.15) is 0 Å². The molecule has 0 aliphatic heterocycles. The van der Waals surface area contributed by atoms with Crippen LogP contribution in [0.15, 0.2) is 84.9 Å². The van der Waals surface area contributed by atoms with Gasteiger partial charge < -0.3 is 15.4 Å². The Morgan fingerprint density at radius 1 is 0.731 bits per heavy atom. The van der Waals surface area contributed by atoms with E-state index >= 15 is 0 Å². The van der Waals surface area contributed by atoms with Crippen molar-refractivity contribution in [1.82, 2.24) is 0 Å². The normalized spacial score (nSPS) is 10.2. The minimum absolute atomic E-state index is 0.00886. The maximum atomic E-state index is 12.0. The summed E-state index contributed by atoms with van der Waals surface area (Å²) in [4.78, 5) is 12.0. The van der Waals surface area contributed by atoms with Crippen molar-refractivity contribution in [2.45, 2.75) is 12.8 Å². The monoisotopic (exact) mass is 346 g/mol. The number of ether oxygens (including phenoxy) is 1. The zero-order chi connectivity index (χ0) is 18.0. The summed E-state index contributed by atoms with van der Waals surface area (Å²) in [6, 6.07) is 27.3. The minimum atomic E-state index is -0.00886. The van der Waals surface area contributed by atoms with Gasteiger partial charge in [-0.1, -0.05) is 36.4 Å². The molecule has 0 heterocycles. The van der Waals surface area contributed by atoms with Crippen molar-refractivity contribution in [1.29, 1.82) is 0 Å². The third-order valence-corrected chi connectivity index (χ3v) is 3.79. The van der Waals surface area contributed by atoms with Crippen LogP contribution in [-0.2, 0) is 4.79 Å². The molecule has 4 heteroatoms. The van der Waals surface area contributed by atoms with Gasteiger partial charge in [0.25, 0.3) is 0 Å². The first-order valence-electron chi connectivity index (χ1n) is 8.69. The van der Waals surface area contributed by atoms with Crippen LogP contribution in [0, 0.1) is 0 Å². The molecule has 2 N–H and O–H groups in total. The number of carbonyl (C=O) groups excluding carboxylic acids is 1. The number of rotatable bonds is 8. The number of hydrogen-bond donors (Lipinski definition) is 2. The van der Waals surface area contributed by atoms with Crippen molar-refractivity contribution in [3.05, 3.63) is 84.9 Å². The molecular weight excluding hydrogens is 324 g/mol. The quantitative estimate of drug-likeness (QED) is 0.549. The van der Waals surface area contributed by atoms with Gasteiger partial charge in [0.05, 0.1) is 6.61 Å². The summed E-state index contributed by atoms with van der Waals surface area (Å²) in [7, 11) is 0. The maximum Gasteiger partial charge on any atom is 0.224 e.